The number of hydrazone groups is 1. The molecular weight excluding hydrogens is 464 g/mol. The number of halogens is 1. The van der Waals surface area contributed by atoms with Gasteiger partial charge in [-0.1, -0.05) is 70.5 Å². The van der Waals surface area contributed by atoms with E-state index in [4.69, 9.17) is 0 Å². The van der Waals surface area contributed by atoms with Crippen molar-refractivity contribution >= 4 is 28.1 Å². The number of piperazine rings is 1. The van der Waals surface area contributed by atoms with Crippen LogP contribution in [0.4, 0.5) is 0 Å². The van der Waals surface area contributed by atoms with Gasteiger partial charge in [-0.3, -0.25) is 14.6 Å². The van der Waals surface area contributed by atoms with Gasteiger partial charge in [-0.05, 0) is 41.0 Å². The molecule has 1 aliphatic rings. The van der Waals surface area contributed by atoms with E-state index in [-0.39, 0.29) is 5.91 Å². The molecule has 1 amide bonds. The van der Waals surface area contributed by atoms with Crippen molar-refractivity contribution in [2.45, 2.75) is 13.1 Å². The predicted molar refractivity (Wildman–Crippen MR) is 133 cm³/mol. The van der Waals surface area contributed by atoms with Crippen molar-refractivity contribution in [3.63, 3.8) is 0 Å². The minimum atomic E-state index is -0.211. The average molecular weight is 491 g/mol. The summed E-state index contributed by atoms with van der Waals surface area (Å²) in [5.74, 6) is -0.211. The number of nitrogens with zero attached hydrogens (tertiary/aromatic N) is 3. The first kappa shape index (κ1) is 22.4. The highest BCUT2D eigenvalue weighted by Crippen LogP contribution is 2.13. The maximum atomic E-state index is 12.3. The van der Waals surface area contributed by atoms with Crippen LogP contribution in [0.2, 0.25) is 0 Å². The van der Waals surface area contributed by atoms with Crippen LogP contribution in [0.25, 0.3) is 0 Å². The fourth-order valence-corrected chi connectivity index (χ4v) is 4.20. The molecule has 0 unspecified atom stereocenters. The molecule has 0 spiro atoms. The van der Waals surface area contributed by atoms with Gasteiger partial charge >= 0.3 is 0 Å². The van der Waals surface area contributed by atoms with Crippen LogP contribution in [-0.2, 0) is 13.1 Å². The van der Waals surface area contributed by atoms with Gasteiger partial charge in [0.05, 0.1) is 6.21 Å². The van der Waals surface area contributed by atoms with E-state index in [2.05, 4.69) is 66.6 Å². The molecule has 0 saturated carbocycles. The summed E-state index contributed by atoms with van der Waals surface area (Å²) >= 11 is 3.42. The van der Waals surface area contributed by atoms with E-state index in [0.29, 0.717) is 5.56 Å². The molecule has 5 nitrogen and oxygen atoms in total. The van der Waals surface area contributed by atoms with Crippen LogP contribution in [0.3, 0.4) is 0 Å². The maximum absolute atomic E-state index is 12.3. The summed E-state index contributed by atoms with van der Waals surface area (Å²) in [7, 11) is 0. The number of hydrogen-bond acceptors (Lipinski definition) is 4. The summed E-state index contributed by atoms with van der Waals surface area (Å²) in [6.07, 6.45) is 1.63. The number of carbonyl (C=O) groups excluding carboxylic acids is 1. The number of hydrogen-bond donors (Lipinski definition) is 1. The van der Waals surface area contributed by atoms with Gasteiger partial charge in [-0.2, -0.15) is 5.10 Å². The highest BCUT2D eigenvalue weighted by atomic mass is 79.9. The second-order valence-electron chi connectivity index (χ2n) is 7.99. The van der Waals surface area contributed by atoms with E-state index < -0.39 is 0 Å². The van der Waals surface area contributed by atoms with E-state index in [1.165, 1.54) is 11.1 Å². The van der Waals surface area contributed by atoms with Gasteiger partial charge in [-0.25, -0.2) is 5.43 Å². The van der Waals surface area contributed by atoms with Crippen molar-refractivity contribution in [1.29, 1.82) is 0 Å². The molecule has 32 heavy (non-hydrogen) atoms. The smallest absolute Gasteiger partial charge is 0.271 e. The van der Waals surface area contributed by atoms with Crippen LogP contribution in [0.1, 0.15) is 27.0 Å². The minimum absolute atomic E-state index is 0.211. The predicted octanol–water partition coefficient (Wildman–Crippen LogP) is 4.53. The second kappa shape index (κ2) is 11.2. The van der Waals surface area contributed by atoms with Crippen LogP contribution >= 0.6 is 15.9 Å². The lowest BCUT2D eigenvalue weighted by Crippen LogP contribution is -2.45. The lowest BCUT2D eigenvalue weighted by molar-refractivity contribution is 0.0955. The third-order valence-electron chi connectivity index (χ3n) is 5.56. The van der Waals surface area contributed by atoms with Gasteiger partial charge in [0.2, 0.25) is 0 Å². The molecule has 1 aliphatic heterocycles. The molecule has 0 atom stereocenters. The van der Waals surface area contributed by atoms with Gasteiger partial charge in [0.1, 0.15) is 0 Å². The average Bonchev–Trinajstić information content (AvgIpc) is 2.81. The Hall–Kier alpha value is -2.80. The maximum Gasteiger partial charge on any atom is 0.271 e. The molecule has 0 radical (unpaired) electrons. The summed E-state index contributed by atoms with van der Waals surface area (Å²) in [5, 5.41) is 4.05. The Morgan fingerprint density at radius 3 is 2.09 bits per heavy atom. The number of carbonyl (C=O) groups is 1. The van der Waals surface area contributed by atoms with Gasteiger partial charge in [0.15, 0.2) is 0 Å². The summed E-state index contributed by atoms with van der Waals surface area (Å²) in [4.78, 5) is 17.3. The Morgan fingerprint density at radius 2 is 1.47 bits per heavy atom. The summed E-state index contributed by atoms with van der Waals surface area (Å²) in [6, 6.07) is 26.2. The zero-order valence-electron chi connectivity index (χ0n) is 18.0. The van der Waals surface area contributed by atoms with Gasteiger partial charge < -0.3 is 0 Å². The first-order valence-corrected chi connectivity index (χ1v) is 11.6. The van der Waals surface area contributed by atoms with Crippen LogP contribution < -0.4 is 5.43 Å². The first-order chi connectivity index (χ1) is 15.7. The third-order valence-corrected chi connectivity index (χ3v) is 6.06. The molecule has 0 bridgehead atoms. The molecule has 1 N–H and O–H groups in total. The highest BCUT2D eigenvalue weighted by molar-refractivity contribution is 9.10. The molecule has 1 heterocycles. The molecule has 3 aromatic carbocycles. The largest absolute Gasteiger partial charge is 0.297 e. The van der Waals surface area contributed by atoms with Crippen molar-refractivity contribution in [1.82, 2.24) is 15.2 Å². The van der Waals surface area contributed by atoms with Crippen molar-refractivity contribution in [3.8, 4) is 0 Å². The van der Waals surface area contributed by atoms with E-state index in [9.17, 15) is 4.79 Å². The van der Waals surface area contributed by atoms with E-state index >= 15 is 0 Å². The first-order valence-electron chi connectivity index (χ1n) is 10.8. The fourth-order valence-electron chi connectivity index (χ4n) is 3.78. The summed E-state index contributed by atoms with van der Waals surface area (Å²) in [5.41, 5.74) is 6.70. The minimum Gasteiger partial charge on any atom is -0.297 e. The number of benzene rings is 3. The lowest BCUT2D eigenvalue weighted by Gasteiger charge is -2.34. The fraction of sp³-hybridized carbons (Fsp3) is 0.231. The van der Waals surface area contributed by atoms with Crippen molar-refractivity contribution in [2.24, 2.45) is 5.10 Å². The topological polar surface area (TPSA) is 47.9 Å². The number of amides is 1. The van der Waals surface area contributed by atoms with Gasteiger partial charge in [0, 0.05) is 49.3 Å². The Balaban J connectivity index is 1.23. The Morgan fingerprint density at radius 1 is 0.844 bits per heavy atom. The lowest BCUT2D eigenvalue weighted by atomic mass is 10.1. The molecule has 3 aromatic rings. The Bertz CT molecular complexity index is 1040. The number of rotatable bonds is 7. The molecule has 6 heteroatoms. The molecule has 164 valence electrons. The summed E-state index contributed by atoms with van der Waals surface area (Å²) < 4.78 is 0.973. The van der Waals surface area contributed by atoms with Crippen molar-refractivity contribution in [3.05, 3.63) is 106 Å². The quantitative estimate of drug-likeness (QED) is 0.390. The zero-order chi connectivity index (χ0) is 22.2. The number of nitrogens with one attached hydrogen (secondary N) is 1. The van der Waals surface area contributed by atoms with Crippen LogP contribution in [-0.4, -0.2) is 48.1 Å². The standard InChI is InChI=1S/C26H27BrN4O/c27-25-8-4-7-23(17-25)18-28-29-26(32)24-11-9-22(10-12-24)20-31-15-13-30(14-16-31)19-21-5-2-1-3-6-21/h1-12,17-18H,13-16,19-20H2,(H,29,32)/b28-18-. The Kier molecular flexibility index (Phi) is 7.82. The van der Waals surface area contributed by atoms with Crippen LogP contribution in [0, 0.1) is 0 Å². The van der Waals surface area contributed by atoms with Crippen LogP contribution in [0.15, 0.2) is 88.4 Å². The van der Waals surface area contributed by atoms with E-state index in [0.717, 1.165) is 49.3 Å². The van der Waals surface area contributed by atoms with E-state index in [1.807, 2.05) is 48.5 Å². The van der Waals surface area contributed by atoms with Gasteiger partial charge in [0.25, 0.3) is 5.91 Å². The molecule has 0 aromatic heterocycles. The van der Waals surface area contributed by atoms with Gasteiger partial charge in [-0.15, -0.1) is 0 Å². The molecule has 0 aliphatic carbocycles. The summed E-state index contributed by atoms with van der Waals surface area (Å²) in [6.45, 7) is 6.18. The SMILES string of the molecule is O=C(N/N=C\c1cccc(Br)c1)c1ccc(CN2CCN(Cc3ccccc3)CC2)cc1. The monoisotopic (exact) mass is 490 g/mol. The Labute approximate surface area is 197 Å². The van der Waals surface area contributed by atoms with Crippen molar-refractivity contribution < 1.29 is 4.79 Å². The second-order valence-corrected chi connectivity index (χ2v) is 8.90. The molecule has 1 fully saturated rings. The zero-order valence-corrected chi connectivity index (χ0v) is 19.5. The van der Waals surface area contributed by atoms with E-state index in [1.54, 1.807) is 6.21 Å². The highest BCUT2D eigenvalue weighted by Gasteiger charge is 2.17. The van der Waals surface area contributed by atoms with Crippen LogP contribution in [0.5, 0.6) is 0 Å². The molecular formula is C26H27BrN4O. The third kappa shape index (κ3) is 6.60. The van der Waals surface area contributed by atoms with Crippen molar-refractivity contribution in [2.75, 3.05) is 26.2 Å². The molecule has 1 saturated heterocycles. The normalized spacial score (nSPS) is 15.2. The molecule has 4 rings (SSSR count).